The predicted molar refractivity (Wildman–Crippen MR) is 75.6 cm³/mol. The fraction of sp³-hybridized carbons (Fsp3) is 0.267. The molecule has 2 heterocycles. The van der Waals surface area contributed by atoms with Crippen LogP contribution < -0.4 is 0 Å². The first-order valence-electron chi connectivity index (χ1n) is 6.99. The van der Waals surface area contributed by atoms with Gasteiger partial charge in [0.15, 0.2) is 0 Å². The van der Waals surface area contributed by atoms with Gasteiger partial charge in [-0.3, -0.25) is 14.7 Å². The Morgan fingerprint density at radius 3 is 2.61 bits per heavy atom. The Labute approximate surface area is 129 Å². The van der Waals surface area contributed by atoms with Gasteiger partial charge in [-0.15, -0.1) is 0 Å². The summed E-state index contributed by atoms with van der Waals surface area (Å²) in [5.41, 5.74) is -0.397. The second kappa shape index (κ2) is 5.79. The molecule has 8 heteroatoms. The molecular weight excluding hydrogens is 308 g/mol. The third-order valence-corrected chi connectivity index (χ3v) is 3.91. The molecule has 1 fully saturated rings. The molecule has 0 bridgehead atoms. The number of halogens is 2. The van der Waals surface area contributed by atoms with Crippen LogP contribution in [0.1, 0.15) is 16.8 Å². The van der Waals surface area contributed by atoms with Crippen molar-refractivity contribution in [2.24, 2.45) is 5.92 Å². The average molecular weight is 321 g/mol. The van der Waals surface area contributed by atoms with Gasteiger partial charge in [-0.1, -0.05) is 6.07 Å². The van der Waals surface area contributed by atoms with Crippen LogP contribution in [0.15, 0.2) is 24.4 Å². The Hall–Kier alpha value is -2.77. The summed E-state index contributed by atoms with van der Waals surface area (Å²) in [5, 5.41) is 15.1. The van der Waals surface area contributed by atoms with Gasteiger partial charge in [0.25, 0.3) is 5.91 Å². The summed E-state index contributed by atoms with van der Waals surface area (Å²) >= 11 is 0. The highest BCUT2D eigenvalue weighted by Gasteiger charge is 2.33. The number of likely N-dealkylation sites (tertiary alicyclic amines) is 1. The van der Waals surface area contributed by atoms with Crippen LogP contribution in [0.4, 0.5) is 8.78 Å². The molecule has 1 aromatic carbocycles. The highest BCUT2D eigenvalue weighted by atomic mass is 19.1. The quantitative estimate of drug-likeness (QED) is 0.904. The van der Waals surface area contributed by atoms with Crippen molar-refractivity contribution < 1.29 is 23.5 Å². The number of aliphatic carboxylic acids is 1. The number of aromatic amines is 1. The maximum Gasteiger partial charge on any atom is 0.308 e. The first-order chi connectivity index (χ1) is 11.0. The Bertz CT molecular complexity index is 755. The largest absolute Gasteiger partial charge is 0.481 e. The van der Waals surface area contributed by atoms with Crippen molar-refractivity contribution >= 4 is 11.9 Å². The van der Waals surface area contributed by atoms with Crippen LogP contribution >= 0.6 is 0 Å². The zero-order valence-corrected chi connectivity index (χ0v) is 11.9. The molecule has 1 saturated heterocycles. The number of amides is 1. The van der Waals surface area contributed by atoms with Crippen molar-refractivity contribution in [3.05, 3.63) is 41.6 Å². The predicted octanol–water partition coefficient (Wildman–Crippen LogP) is 1.90. The molecule has 0 radical (unpaired) electrons. The minimum Gasteiger partial charge on any atom is -0.481 e. The molecule has 23 heavy (non-hydrogen) atoms. The summed E-state index contributed by atoms with van der Waals surface area (Å²) in [6.07, 6.45) is 1.54. The SMILES string of the molecule is O=C(O)[C@H]1CCN(C(=O)c2cn[nH]c2-c2c(F)cccc2F)C1. The molecule has 0 aliphatic carbocycles. The lowest BCUT2D eigenvalue weighted by Crippen LogP contribution is -2.30. The van der Waals surface area contributed by atoms with Gasteiger partial charge < -0.3 is 10.0 Å². The number of nitrogens with zero attached hydrogens (tertiary/aromatic N) is 2. The molecule has 120 valence electrons. The zero-order chi connectivity index (χ0) is 16.6. The van der Waals surface area contributed by atoms with Crippen LogP contribution in [0.25, 0.3) is 11.3 Å². The summed E-state index contributed by atoms with van der Waals surface area (Å²) in [6, 6.07) is 3.40. The smallest absolute Gasteiger partial charge is 0.308 e. The van der Waals surface area contributed by atoms with Crippen LogP contribution in [-0.4, -0.2) is 45.2 Å². The van der Waals surface area contributed by atoms with Crippen molar-refractivity contribution in [3.8, 4) is 11.3 Å². The van der Waals surface area contributed by atoms with Gasteiger partial charge in [0, 0.05) is 13.1 Å². The Morgan fingerprint density at radius 1 is 1.30 bits per heavy atom. The second-order valence-corrected chi connectivity index (χ2v) is 5.33. The van der Waals surface area contributed by atoms with E-state index < -0.39 is 29.4 Å². The van der Waals surface area contributed by atoms with Crippen LogP contribution in [-0.2, 0) is 4.79 Å². The fourth-order valence-corrected chi connectivity index (χ4v) is 2.69. The summed E-state index contributed by atoms with van der Waals surface area (Å²) < 4.78 is 27.8. The number of carboxylic acid groups (broad SMARTS) is 1. The maximum absolute atomic E-state index is 13.9. The molecule has 0 unspecified atom stereocenters. The molecule has 1 atom stereocenters. The first-order valence-corrected chi connectivity index (χ1v) is 6.99. The number of hydrogen-bond donors (Lipinski definition) is 2. The van der Waals surface area contributed by atoms with Gasteiger partial charge in [-0.05, 0) is 18.6 Å². The number of H-pyrrole nitrogens is 1. The van der Waals surface area contributed by atoms with E-state index in [1.165, 1.54) is 17.2 Å². The molecule has 1 aliphatic rings. The van der Waals surface area contributed by atoms with Gasteiger partial charge in [-0.2, -0.15) is 5.10 Å². The van der Waals surface area contributed by atoms with E-state index in [4.69, 9.17) is 5.11 Å². The lowest BCUT2D eigenvalue weighted by Gasteiger charge is -2.16. The van der Waals surface area contributed by atoms with Crippen molar-refractivity contribution in [2.75, 3.05) is 13.1 Å². The van der Waals surface area contributed by atoms with Gasteiger partial charge in [-0.25, -0.2) is 8.78 Å². The van der Waals surface area contributed by atoms with Crippen LogP contribution in [0, 0.1) is 17.6 Å². The molecule has 1 amide bonds. The van der Waals surface area contributed by atoms with Crippen LogP contribution in [0.5, 0.6) is 0 Å². The number of carboxylic acids is 1. The zero-order valence-electron chi connectivity index (χ0n) is 11.9. The van der Waals surface area contributed by atoms with Gasteiger partial charge in [0.2, 0.25) is 0 Å². The van der Waals surface area contributed by atoms with Gasteiger partial charge >= 0.3 is 5.97 Å². The van der Waals surface area contributed by atoms with E-state index in [0.717, 1.165) is 12.1 Å². The number of hydrogen-bond acceptors (Lipinski definition) is 3. The highest BCUT2D eigenvalue weighted by molar-refractivity contribution is 6.00. The molecule has 2 aromatic rings. The number of aromatic nitrogens is 2. The van der Waals surface area contributed by atoms with E-state index in [0.29, 0.717) is 6.42 Å². The monoisotopic (exact) mass is 321 g/mol. The summed E-state index contributed by atoms with van der Waals surface area (Å²) in [4.78, 5) is 24.9. The highest BCUT2D eigenvalue weighted by Crippen LogP contribution is 2.29. The lowest BCUT2D eigenvalue weighted by atomic mass is 10.1. The minimum atomic E-state index is -0.965. The summed E-state index contributed by atoms with van der Waals surface area (Å²) in [6.45, 7) is 0.346. The van der Waals surface area contributed by atoms with E-state index in [1.54, 1.807) is 0 Å². The molecule has 6 nitrogen and oxygen atoms in total. The Morgan fingerprint density at radius 2 is 2.00 bits per heavy atom. The fourth-order valence-electron chi connectivity index (χ4n) is 2.69. The van der Waals surface area contributed by atoms with Crippen molar-refractivity contribution in [3.63, 3.8) is 0 Å². The minimum absolute atomic E-state index is 0.0139. The summed E-state index contributed by atoms with van der Waals surface area (Å²) in [7, 11) is 0. The third kappa shape index (κ3) is 2.67. The number of rotatable bonds is 3. The maximum atomic E-state index is 13.9. The van der Waals surface area contributed by atoms with E-state index in [1.807, 2.05) is 0 Å². The van der Waals surface area contributed by atoms with Crippen molar-refractivity contribution in [1.82, 2.24) is 15.1 Å². The molecule has 1 aliphatic heterocycles. The topological polar surface area (TPSA) is 86.3 Å². The number of carbonyl (C=O) groups is 2. The molecular formula is C15H13F2N3O3. The van der Waals surface area contributed by atoms with Crippen molar-refractivity contribution in [2.45, 2.75) is 6.42 Å². The van der Waals surface area contributed by atoms with Gasteiger partial charge in [0.1, 0.15) is 11.6 Å². The molecule has 0 spiro atoms. The molecule has 1 aromatic heterocycles. The Balaban J connectivity index is 1.93. The summed E-state index contributed by atoms with van der Waals surface area (Å²) in [5.74, 6) is -3.71. The van der Waals surface area contributed by atoms with E-state index in [9.17, 15) is 18.4 Å². The number of nitrogens with one attached hydrogen (secondary N) is 1. The lowest BCUT2D eigenvalue weighted by molar-refractivity contribution is -0.141. The second-order valence-electron chi connectivity index (χ2n) is 5.33. The first kappa shape index (κ1) is 15.1. The van der Waals surface area contributed by atoms with Crippen molar-refractivity contribution in [1.29, 1.82) is 0 Å². The third-order valence-electron chi connectivity index (χ3n) is 3.91. The standard InChI is InChI=1S/C15H13F2N3O3/c16-10-2-1-3-11(17)12(10)13-9(6-18-19-13)14(21)20-5-4-8(7-20)15(22)23/h1-3,6,8H,4-5,7H2,(H,18,19)(H,22,23)/t8-/m0/s1. The molecule has 3 rings (SSSR count). The molecule has 0 saturated carbocycles. The van der Waals surface area contributed by atoms with Crippen LogP contribution in [0.2, 0.25) is 0 Å². The van der Waals surface area contributed by atoms with E-state index >= 15 is 0 Å². The van der Waals surface area contributed by atoms with E-state index in [-0.39, 0.29) is 29.9 Å². The number of benzene rings is 1. The van der Waals surface area contributed by atoms with Crippen LogP contribution in [0.3, 0.4) is 0 Å². The average Bonchev–Trinajstić information content (AvgIpc) is 3.16. The van der Waals surface area contributed by atoms with E-state index in [2.05, 4.69) is 10.2 Å². The Kier molecular flexibility index (Phi) is 3.81. The number of carbonyl (C=O) groups excluding carboxylic acids is 1. The van der Waals surface area contributed by atoms with Gasteiger partial charge in [0.05, 0.1) is 28.9 Å². The molecule has 2 N–H and O–H groups in total. The normalized spacial score (nSPS) is 17.5.